The Bertz CT molecular complexity index is 779. The maximum Gasteiger partial charge on any atom is 0.337 e. The molecule has 1 aromatic carbocycles. The number of likely N-dealkylation sites (tertiary alicyclic amines) is 1. The van der Waals surface area contributed by atoms with Crippen LogP contribution < -0.4 is 4.74 Å². The average molecular weight is 405 g/mol. The first-order valence-corrected chi connectivity index (χ1v) is 8.62. The van der Waals surface area contributed by atoms with E-state index in [0.717, 1.165) is 10.9 Å². The molecule has 0 N–H and O–H groups in total. The van der Waals surface area contributed by atoms with Crippen LogP contribution in [-0.2, 0) is 4.74 Å². The van der Waals surface area contributed by atoms with Gasteiger partial charge in [-0.25, -0.2) is 9.78 Å². The van der Waals surface area contributed by atoms with Crippen molar-refractivity contribution < 1.29 is 19.1 Å². The standard InChI is InChI=1S/C18H17BrN2O4/c1-24-18(23)13-6-4-12(5-7-13)17(22)21-10-8-14(11-21)25-16-15(19)3-2-9-20-16/h2-7,9,14H,8,10-11H2,1H3. The SMILES string of the molecule is COC(=O)c1ccc(C(=O)N2CCC(Oc3ncccc3Br)C2)cc1. The van der Waals surface area contributed by atoms with Crippen molar-refractivity contribution in [3.63, 3.8) is 0 Å². The molecule has 2 heterocycles. The van der Waals surface area contributed by atoms with Crippen molar-refractivity contribution in [1.29, 1.82) is 0 Å². The number of ether oxygens (including phenoxy) is 2. The highest BCUT2D eigenvalue weighted by Gasteiger charge is 2.29. The van der Waals surface area contributed by atoms with Crippen molar-refractivity contribution in [3.05, 3.63) is 58.2 Å². The number of carbonyl (C=O) groups is 2. The molecule has 0 spiro atoms. The summed E-state index contributed by atoms with van der Waals surface area (Å²) >= 11 is 3.40. The van der Waals surface area contributed by atoms with Gasteiger partial charge in [0.2, 0.25) is 5.88 Å². The van der Waals surface area contributed by atoms with Gasteiger partial charge < -0.3 is 14.4 Å². The highest BCUT2D eigenvalue weighted by molar-refractivity contribution is 9.10. The van der Waals surface area contributed by atoms with Crippen molar-refractivity contribution in [1.82, 2.24) is 9.88 Å². The number of aromatic nitrogens is 1. The van der Waals surface area contributed by atoms with Gasteiger partial charge in [0.1, 0.15) is 6.10 Å². The number of halogens is 1. The third kappa shape index (κ3) is 3.99. The van der Waals surface area contributed by atoms with E-state index in [9.17, 15) is 9.59 Å². The van der Waals surface area contributed by atoms with Gasteiger partial charge in [-0.2, -0.15) is 0 Å². The molecule has 1 aromatic heterocycles. The van der Waals surface area contributed by atoms with Crippen LogP contribution in [0.15, 0.2) is 47.1 Å². The third-order valence-corrected chi connectivity index (χ3v) is 4.59. The third-order valence-electron chi connectivity index (χ3n) is 3.99. The number of hydrogen-bond acceptors (Lipinski definition) is 5. The fraction of sp³-hybridized carbons (Fsp3) is 0.278. The van der Waals surface area contributed by atoms with Crippen molar-refractivity contribution in [2.45, 2.75) is 12.5 Å². The van der Waals surface area contributed by atoms with E-state index in [2.05, 4.69) is 25.7 Å². The summed E-state index contributed by atoms with van der Waals surface area (Å²) in [6.45, 7) is 1.12. The molecule has 1 fully saturated rings. The summed E-state index contributed by atoms with van der Waals surface area (Å²) in [6, 6.07) is 10.1. The van der Waals surface area contributed by atoms with Gasteiger partial charge in [0.25, 0.3) is 5.91 Å². The summed E-state index contributed by atoms with van der Waals surface area (Å²) in [7, 11) is 1.33. The van der Waals surface area contributed by atoms with E-state index in [1.165, 1.54) is 7.11 Å². The maximum atomic E-state index is 12.6. The van der Waals surface area contributed by atoms with Gasteiger partial charge in [-0.3, -0.25) is 4.79 Å². The zero-order chi connectivity index (χ0) is 17.8. The molecule has 130 valence electrons. The van der Waals surface area contributed by atoms with E-state index < -0.39 is 5.97 Å². The van der Waals surface area contributed by atoms with E-state index in [4.69, 9.17) is 4.74 Å². The number of carbonyl (C=O) groups excluding carboxylic acids is 2. The molecule has 25 heavy (non-hydrogen) atoms. The van der Waals surface area contributed by atoms with E-state index in [-0.39, 0.29) is 12.0 Å². The summed E-state index contributed by atoms with van der Waals surface area (Å²) in [5.74, 6) is 0.0291. The van der Waals surface area contributed by atoms with Crippen molar-refractivity contribution in [2.24, 2.45) is 0 Å². The smallest absolute Gasteiger partial charge is 0.337 e. The predicted molar refractivity (Wildman–Crippen MR) is 94.7 cm³/mol. The number of methoxy groups -OCH3 is 1. The molecule has 0 saturated carbocycles. The van der Waals surface area contributed by atoms with Crippen LogP contribution in [0.25, 0.3) is 0 Å². The van der Waals surface area contributed by atoms with Crippen molar-refractivity contribution in [2.75, 3.05) is 20.2 Å². The molecule has 1 saturated heterocycles. The quantitative estimate of drug-likeness (QED) is 0.732. The Hall–Kier alpha value is -2.41. The highest BCUT2D eigenvalue weighted by Crippen LogP contribution is 2.25. The minimum Gasteiger partial charge on any atom is -0.472 e. The molecule has 1 unspecified atom stereocenters. The summed E-state index contributed by atoms with van der Waals surface area (Å²) in [5.41, 5.74) is 0.953. The van der Waals surface area contributed by atoms with Crippen LogP contribution in [0, 0.1) is 0 Å². The fourth-order valence-corrected chi connectivity index (χ4v) is 3.02. The summed E-state index contributed by atoms with van der Waals surface area (Å²) in [6.07, 6.45) is 2.32. The van der Waals surface area contributed by atoms with Crippen LogP contribution in [0.1, 0.15) is 27.1 Å². The molecular weight excluding hydrogens is 388 g/mol. The van der Waals surface area contributed by atoms with Gasteiger partial charge in [0.15, 0.2) is 0 Å². The fourth-order valence-electron chi connectivity index (χ4n) is 2.67. The molecule has 1 atom stereocenters. The molecule has 1 aliphatic rings. The number of rotatable bonds is 4. The van der Waals surface area contributed by atoms with E-state index in [1.807, 2.05) is 12.1 Å². The highest BCUT2D eigenvalue weighted by atomic mass is 79.9. The zero-order valence-corrected chi connectivity index (χ0v) is 15.2. The van der Waals surface area contributed by atoms with Crippen LogP contribution in [0.5, 0.6) is 5.88 Å². The van der Waals surface area contributed by atoms with E-state index in [0.29, 0.717) is 30.1 Å². The second kappa shape index (κ2) is 7.65. The number of benzene rings is 1. The molecule has 2 aromatic rings. The first kappa shape index (κ1) is 17.4. The number of amides is 1. The molecule has 1 amide bonds. The molecule has 6 nitrogen and oxygen atoms in total. The summed E-state index contributed by atoms with van der Waals surface area (Å²) in [5, 5.41) is 0. The van der Waals surface area contributed by atoms with Gasteiger partial charge in [0.05, 0.1) is 23.7 Å². The van der Waals surface area contributed by atoms with Gasteiger partial charge in [-0.1, -0.05) is 0 Å². The Labute approximate surface area is 153 Å². The second-order valence-electron chi connectivity index (χ2n) is 5.64. The Kier molecular flexibility index (Phi) is 5.33. The average Bonchev–Trinajstić information content (AvgIpc) is 3.11. The van der Waals surface area contributed by atoms with Crippen LogP contribution in [0.3, 0.4) is 0 Å². The van der Waals surface area contributed by atoms with Crippen LogP contribution in [-0.4, -0.2) is 48.1 Å². The number of pyridine rings is 1. The monoisotopic (exact) mass is 404 g/mol. The molecule has 7 heteroatoms. The van der Waals surface area contributed by atoms with Crippen molar-refractivity contribution >= 4 is 27.8 Å². The number of esters is 1. The van der Waals surface area contributed by atoms with Gasteiger partial charge in [0, 0.05) is 24.7 Å². The van der Waals surface area contributed by atoms with Gasteiger partial charge in [-0.05, 0) is 52.3 Å². The van der Waals surface area contributed by atoms with Gasteiger partial charge >= 0.3 is 5.97 Å². The second-order valence-corrected chi connectivity index (χ2v) is 6.49. The summed E-state index contributed by atoms with van der Waals surface area (Å²) in [4.78, 5) is 30.0. The van der Waals surface area contributed by atoms with Crippen molar-refractivity contribution in [3.8, 4) is 5.88 Å². The van der Waals surface area contributed by atoms with Gasteiger partial charge in [-0.15, -0.1) is 0 Å². The molecule has 0 aliphatic carbocycles. The first-order valence-electron chi connectivity index (χ1n) is 7.83. The lowest BCUT2D eigenvalue weighted by atomic mass is 10.1. The lowest BCUT2D eigenvalue weighted by Gasteiger charge is -2.17. The number of hydrogen-bond donors (Lipinski definition) is 0. The Morgan fingerprint density at radius 2 is 1.92 bits per heavy atom. The first-order chi connectivity index (χ1) is 12.1. The summed E-state index contributed by atoms with van der Waals surface area (Å²) < 4.78 is 11.3. The van der Waals surface area contributed by atoms with E-state index in [1.54, 1.807) is 35.4 Å². The Morgan fingerprint density at radius 1 is 1.20 bits per heavy atom. The maximum absolute atomic E-state index is 12.6. The molecular formula is C18H17BrN2O4. The normalized spacial score (nSPS) is 16.6. The topological polar surface area (TPSA) is 68.7 Å². The Balaban J connectivity index is 1.62. The number of nitrogens with zero attached hydrogens (tertiary/aromatic N) is 2. The van der Waals surface area contributed by atoms with Crippen LogP contribution >= 0.6 is 15.9 Å². The molecule has 0 radical (unpaired) electrons. The minimum atomic E-state index is -0.422. The lowest BCUT2D eigenvalue weighted by Crippen LogP contribution is -2.31. The van der Waals surface area contributed by atoms with Crippen LogP contribution in [0.4, 0.5) is 0 Å². The molecule has 1 aliphatic heterocycles. The minimum absolute atomic E-state index is 0.0809. The molecule has 0 bridgehead atoms. The molecule has 3 rings (SSSR count). The zero-order valence-electron chi connectivity index (χ0n) is 13.6. The van der Waals surface area contributed by atoms with E-state index >= 15 is 0 Å². The van der Waals surface area contributed by atoms with Crippen LogP contribution in [0.2, 0.25) is 0 Å². The largest absolute Gasteiger partial charge is 0.472 e. The lowest BCUT2D eigenvalue weighted by molar-refractivity contribution is 0.0600. The predicted octanol–water partition coefficient (Wildman–Crippen LogP) is 2.92. The Morgan fingerprint density at radius 3 is 2.60 bits per heavy atom.